The normalized spacial score (nSPS) is 48.5. The lowest BCUT2D eigenvalue weighted by atomic mass is 9.44. The second kappa shape index (κ2) is 10.2. The summed E-state index contributed by atoms with van der Waals surface area (Å²) in [6.45, 7) is 17.7. The van der Waals surface area contributed by atoms with Gasteiger partial charge in [0.2, 0.25) is 0 Å². The first-order valence-electron chi connectivity index (χ1n) is 15.9. The fourth-order valence-corrected chi connectivity index (χ4v) is 11.3. The summed E-state index contributed by atoms with van der Waals surface area (Å²) in [4.78, 5) is 15.0. The highest BCUT2D eigenvalue weighted by molar-refractivity contribution is 5.66. The molecule has 2 heterocycles. The molecular formula is C32H53N2O4+. The van der Waals surface area contributed by atoms with Crippen molar-refractivity contribution in [3.63, 3.8) is 0 Å². The summed E-state index contributed by atoms with van der Waals surface area (Å²) in [6.07, 6.45) is 12.7. The zero-order valence-electron chi connectivity index (χ0n) is 24.3. The van der Waals surface area contributed by atoms with E-state index in [1.165, 1.54) is 51.6 Å². The number of esters is 1. The number of aliphatic hydroxyl groups excluding tert-OH is 1. The molecular weight excluding hydrogens is 476 g/mol. The monoisotopic (exact) mass is 529 g/mol. The Morgan fingerprint density at radius 1 is 1.11 bits per heavy atom. The van der Waals surface area contributed by atoms with Gasteiger partial charge in [-0.15, -0.1) is 0 Å². The number of carbonyl (C=O) groups excluding carboxylic acids is 1. The van der Waals surface area contributed by atoms with Gasteiger partial charge in [-0.1, -0.05) is 20.4 Å². The summed E-state index contributed by atoms with van der Waals surface area (Å²) in [5.74, 6) is 2.54. The Balaban J connectivity index is 1.30. The largest absolute Gasteiger partial charge is 0.456 e. The van der Waals surface area contributed by atoms with Gasteiger partial charge in [0.25, 0.3) is 0 Å². The highest BCUT2D eigenvalue weighted by atomic mass is 16.5. The number of aliphatic hydroxyl groups is 1. The van der Waals surface area contributed by atoms with Crippen LogP contribution in [-0.4, -0.2) is 90.7 Å². The third-order valence-corrected chi connectivity index (χ3v) is 13.1. The number of rotatable bonds is 5. The number of nitrogens with zero attached hydrogens (tertiary/aromatic N) is 2. The quantitative estimate of drug-likeness (QED) is 0.325. The van der Waals surface area contributed by atoms with Gasteiger partial charge < -0.3 is 19.1 Å². The van der Waals surface area contributed by atoms with Gasteiger partial charge in [-0.25, -0.2) is 0 Å². The Bertz CT molecular complexity index is 898. The van der Waals surface area contributed by atoms with Crippen molar-refractivity contribution in [1.29, 1.82) is 0 Å². The van der Waals surface area contributed by atoms with E-state index in [1.807, 2.05) is 0 Å². The molecule has 1 N–H and O–H groups in total. The molecule has 10 atom stereocenters. The van der Waals surface area contributed by atoms with E-state index in [2.05, 4.69) is 31.4 Å². The van der Waals surface area contributed by atoms with Crippen LogP contribution in [0.5, 0.6) is 0 Å². The maximum absolute atomic E-state index is 12.5. The van der Waals surface area contributed by atoms with Crippen LogP contribution in [0.15, 0.2) is 12.7 Å². The maximum atomic E-state index is 12.5. The molecule has 6 nitrogen and oxygen atoms in total. The van der Waals surface area contributed by atoms with E-state index >= 15 is 0 Å². The molecule has 1 unspecified atom stereocenters. The summed E-state index contributed by atoms with van der Waals surface area (Å²) in [7, 11) is 0. The Labute approximate surface area is 230 Å². The number of ether oxygens (including phenoxy) is 2. The molecule has 2 saturated heterocycles. The smallest absolute Gasteiger partial charge is 0.303 e. The maximum Gasteiger partial charge on any atom is 0.303 e. The second-order valence-corrected chi connectivity index (χ2v) is 14.6. The van der Waals surface area contributed by atoms with E-state index in [4.69, 9.17) is 9.47 Å². The van der Waals surface area contributed by atoms with E-state index < -0.39 is 0 Å². The molecule has 4 saturated carbocycles. The number of fused-ring (bicyclic) bond motifs is 5. The van der Waals surface area contributed by atoms with Gasteiger partial charge in [0.15, 0.2) is 6.10 Å². The first kappa shape index (κ1) is 27.2. The van der Waals surface area contributed by atoms with E-state index in [-0.39, 0.29) is 35.0 Å². The number of hydrogen-bond acceptors (Lipinski definition) is 5. The molecule has 0 radical (unpaired) electrons. The summed E-state index contributed by atoms with van der Waals surface area (Å²) >= 11 is 0. The second-order valence-electron chi connectivity index (χ2n) is 14.6. The SMILES string of the molecule is C=CC[N+]1([C@H]2C[C@H]3[C@@H]4CCC5C[C@H](O)[C@@H](N6CCOCC6)C[C@]5(C)[C@H]4CC[C@]3(C)[C@H]2OC(C)=O)CCCC1. The third-order valence-electron chi connectivity index (χ3n) is 13.1. The van der Waals surface area contributed by atoms with E-state index in [9.17, 15) is 9.90 Å². The van der Waals surface area contributed by atoms with Crippen LogP contribution in [-0.2, 0) is 14.3 Å². The molecule has 6 heteroatoms. The van der Waals surface area contributed by atoms with Crippen molar-refractivity contribution in [3.8, 4) is 0 Å². The van der Waals surface area contributed by atoms with Crippen molar-refractivity contribution in [2.24, 2.45) is 34.5 Å². The molecule has 6 fully saturated rings. The molecule has 0 aromatic heterocycles. The van der Waals surface area contributed by atoms with Crippen LogP contribution in [0.1, 0.15) is 78.6 Å². The predicted octanol–water partition coefficient (Wildman–Crippen LogP) is 4.41. The first-order chi connectivity index (χ1) is 18.2. The van der Waals surface area contributed by atoms with E-state index in [0.29, 0.717) is 29.7 Å². The fourth-order valence-electron chi connectivity index (χ4n) is 11.3. The van der Waals surface area contributed by atoms with Gasteiger partial charge in [0.05, 0.1) is 39.0 Å². The Morgan fingerprint density at radius 3 is 2.53 bits per heavy atom. The van der Waals surface area contributed by atoms with Crippen molar-refractivity contribution in [2.75, 3.05) is 45.9 Å². The zero-order chi connectivity index (χ0) is 26.7. The predicted molar refractivity (Wildman–Crippen MR) is 148 cm³/mol. The average Bonchev–Trinajstić information content (AvgIpc) is 3.48. The molecule has 2 aliphatic heterocycles. The summed E-state index contributed by atoms with van der Waals surface area (Å²) in [6, 6.07) is 0.663. The topological polar surface area (TPSA) is 59.0 Å². The van der Waals surface area contributed by atoms with E-state index in [1.54, 1.807) is 6.92 Å². The number of morpholine rings is 1. The van der Waals surface area contributed by atoms with E-state index in [0.717, 1.165) is 56.6 Å². The van der Waals surface area contributed by atoms with Crippen LogP contribution in [0, 0.1) is 34.5 Å². The van der Waals surface area contributed by atoms with Crippen LogP contribution in [0.4, 0.5) is 0 Å². The van der Waals surface area contributed by atoms with Gasteiger partial charge in [-0.05, 0) is 73.7 Å². The van der Waals surface area contributed by atoms with Gasteiger partial charge in [-0.3, -0.25) is 9.69 Å². The minimum atomic E-state index is -0.209. The van der Waals surface area contributed by atoms with Crippen LogP contribution >= 0.6 is 0 Å². The van der Waals surface area contributed by atoms with Crippen LogP contribution in [0.2, 0.25) is 0 Å². The van der Waals surface area contributed by atoms with Crippen molar-refractivity contribution in [3.05, 3.63) is 12.7 Å². The highest BCUT2D eigenvalue weighted by Gasteiger charge is 2.67. The van der Waals surface area contributed by atoms with Gasteiger partial charge in [-0.2, -0.15) is 0 Å². The summed E-state index contributed by atoms with van der Waals surface area (Å²) in [5.41, 5.74) is 0.343. The van der Waals surface area contributed by atoms with Crippen LogP contribution in [0.3, 0.4) is 0 Å². The molecule has 6 rings (SSSR count). The number of carbonyl (C=O) groups is 1. The highest BCUT2D eigenvalue weighted by Crippen LogP contribution is 2.67. The molecule has 0 aromatic rings. The minimum absolute atomic E-state index is 0.0174. The number of likely N-dealkylation sites (tertiary alicyclic amines) is 1. The molecule has 0 bridgehead atoms. The Kier molecular flexibility index (Phi) is 7.27. The molecule has 214 valence electrons. The summed E-state index contributed by atoms with van der Waals surface area (Å²) < 4.78 is 13.1. The molecule has 4 aliphatic carbocycles. The molecule has 38 heavy (non-hydrogen) atoms. The fraction of sp³-hybridized carbons (Fsp3) is 0.906. The third kappa shape index (κ3) is 4.23. The van der Waals surface area contributed by atoms with Gasteiger partial charge in [0, 0.05) is 50.7 Å². The number of hydrogen-bond donors (Lipinski definition) is 1. The van der Waals surface area contributed by atoms with Crippen LogP contribution in [0.25, 0.3) is 0 Å². The average molecular weight is 530 g/mol. The minimum Gasteiger partial charge on any atom is -0.456 e. The molecule has 0 aromatic carbocycles. The van der Waals surface area contributed by atoms with Crippen molar-refractivity contribution < 1.29 is 23.9 Å². The zero-order valence-corrected chi connectivity index (χ0v) is 24.3. The standard InChI is InChI=1S/C32H53N2O4/c1-5-14-34(15-6-7-16-34)28-20-26-24-9-8-23-19-29(36)27(33-12-17-37-18-13-33)21-32(23,4)25(24)10-11-31(26,3)30(28)38-22(2)35/h5,23-30,36H,1,6-21H2,2-4H3/q+1/t23?,24-,25+,26+,27+,28+,29+,30+,31+,32+/m1/s1. The molecule has 0 amide bonds. The summed E-state index contributed by atoms with van der Waals surface area (Å²) in [5, 5.41) is 11.3. The Hall–Kier alpha value is -0.950. The lowest BCUT2D eigenvalue weighted by Gasteiger charge is -2.62. The lowest BCUT2D eigenvalue weighted by Crippen LogP contribution is -2.61. The van der Waals surface area contributed by atoms with Crippen molar-refractivity contribution >= 4 is 5.97 Å². The van der Waals surface area contributed by atoms with Crippen molar-refractivity contribution in [1.82, 2.24) is 4.90 Å². The van der Waals surface area contributed by atoms with Crippen LogP contribution < -0.4 is 0 Å². The lowest BCUT2D eigenvalue weighted by molar-refractivity contribution is -0.937. The number of quaternary nitrogens is 1. The molecule has 6 aliphatic rings. The van der Waals surface area contributed by atoms with Crippen molar-refractivity contribution in [2.45, 2.75) is 103 Å². The molecule has 0 spiro atoms. The van der Waals surface area contributed by atoms with Gasteiger partial charge in [0.1, 0.15) is 6.04 Å². The first-order valence-corrected chi connectivity index (χ1v) is 15.9. The van der Waals surface area contributed by atoms with Gasteiger partial charge >= 0.3 is 5.97 Å². The Morgan fingerprint density at radius 2 is 1.84 bits per heavy atom.